The number of hydrogen-bond acceptors (Lipinski definition) is 4. The lowest BCUT2D eigenvalue weighted by Gasteiger charge is -2.10. The number of carbonyl (C=O) groups excluding carboxylic acids is 1. The van der Waals surface area contributed by atoms with Crippen molar-refractivity contribution in [2.75, 3.05) is 12.4 Å². The standard InChI is InChI=1S/C15H19N3O2/c1-10-14(11(2)18(3)17-10)16-9-12-7-5-6-8-13(12)15(19)20-4/h5-8,16H,9H2,1-4H3. The molecule has 1 heterocycles. The van der Waals surface area contributed by atoms with E-state index in [4.69, 9.17) is 4.74 Å². The van der Waals surface area contributed by atoms with Crippen molar-refractivity contribution in [2.24, 2.45) is 7.05 Å². The minimum atomic E-state index is -0.318. The molecule has 20 heavy (non-hydrogen) atoms. The SMILES string of the molecule is COC(=O)c1ccccc1CNc1c(C)nn(C)c1C. The third-order valence-electron chi connectivity index (χ3n) is 3.39. The first-order valence-corrected chi connectivity index (χ1v) is 6.45. The highest BCUT2D eigenvalue weighted by Crippen LogP contribution is 2.20. The van der Waals surface area contributed by atoms with Gasteiger partial charge in [-0.2, -0.15) is 5.10 Å². The fourth-order valence-corrected chi connectivity index (χ4v) is 2.20. The number of hydrogen-bond donors (Lipinski definition) is 1. The van der Waals surface area contributed by atoms with Gasteiger partial charge in [-0.1, -0.05) is 18.2 Å². The van der Waals surface area contributed by atoms with Crippen LogP contribution >= 0.6 is 0 Å². The van der Waals surface area contributed by atoms with Gasteiger partial charge in [0, 0.05) is 13.6 Å². The summed E-state index contributed by atoms with van der Waals surface area (Å²) in [6.45, 7) is 4.52. The molecule has 5 nitrogen and oxygen atoms in total. The molecule has 5 heteroatoms. The zero-order chi connectivity index (χ0) is 14.7. The lowest BCUT2D eigenvalue weighted by molar-refractivity contribution is 0.0599. The molecule has 2 aromatic rings. The van der Waals surface area contributed by atoms with Crippen molar-refractivity contribution in [1.82, 2.24) is 9.78 Å². The van der Waals surface area contributed by atoms with E-state index in [0.717, 1.165) is 22.6 Å². The van der Waals surface area contributed by atoms with Crippen molar-refractivity contribution < 1.29 is 9.53 Å². The van der Waals surface area contributed by atoms with E-state index in [2.05, 4.69) is 10.4 Å². The molecule has 0 atom stereocenters. The van der Waals surface area contributed by atoms with Gasteiger partial charge in [0.1, 0.15) is 0 Å². The number of nitrogens with zero attached hydrogens (tertiary/aromatic N) is 2. The van der Waals surface area contributed by atoms with Gasteiger partial charge in [-0.15, -0.1) is 0 Å². The highest BCUT2D eigenvalue weighted by atomic mass is 16.5. The molecule has 0 radical (unpaired) electrons. The highest BCUT2D eigenvalue weighted by Gasteiger charge is 2.13. The average molecular weight is 273 g/mol. The van der Waals surface area contributed by atoms with E-state index >= 15 is 0 Å². The molecule has 106 valence electrons. The summed E-state index contributed by atoms with van der Waals surface area (Å²) in [5.74, 6) is -0.318. The van der Waals surface area contributed by atoms with E-state index in [1.54, 1.807) is 6.07 Å². The first-order valence-electron chi connectivity index (χ1n) is 6.45. The number of aryl methyl sites for hydroxylation is 2. The number of carbonyl (C=O) groups is 1. The van der Waals surface area contributed by atoms with Gasteiger partial charge >= 0.3 is 5.97 Å². The van der Waals surface area contributed by atoms with Gasteiger partial charge in [-0.3, -0.25) is 4.68 Å². The van der Waals surface area contributed by atoms with Crippen LogP contribution in [0.1, 0.15) is 27.3 Å². The summed E-state index contributed by atoms with van der Waals surface area (Å²) in [7, 11) is 3.30. The Bertz CT molecular complexity index is 632. The lowest BCUT2D eigenvalue weighted by atomic mass is 10.1. The van der Waals surface area contributed by atoms with Gasteiger partial charge in [0.05, 0.1) is 29.7 Å². The predicted octanol–water partition coefficient (Wildman–Crippen LogP) is 2.44. The first kappa shape index (κ1) is 14.1. The molecule has 1 aromatic heterocycles. The van der Waals surface area contributed by atoms with Crippen LogP contribution in [0.3, 0.4) is 0 Å². The third-order valence-corrected chi connectivity index (χ3v) is 3.39. The molecule has 1 aromatic carbocycles. The molecule has 1 N–H and O–H groups in total. The smallest absolute Gasteiger partial charge is 0.338 e. The molecule has 0 aliphatic carbocycles. The molecule has 0 fully saturated rings. The number of methoxy groups -OCH3 is 1. The Balaban J connectivity index is 2.21. The maximum Gasteiger partial charge on any atom is 0.338 e. The number of esters is 1. The van der Waals surface area contributed by atoms with Crippen LogP contribution in [0.2, 0.25) is 0 Å². The zero-order valence-electron chi connectivity index (χ0n) is 12.2. The van der Waals surface area contributed by atoms with Gasteiger partial charge in [0.25, 0.3) is 0 Å². The van der Waals surface area contributed by atoms with Crippen molar-refractivity contribution in [1.29, 1.82) is 0 Å². The second kappa shape index (κ2) is 5.77. The molecule has 0 saturated carbocycles. The number of ether oxygens (including phenoxy) is 1. The molecular formula is C15H19N3O2. The van der Waals surface area contributed by atoms with Crippen LogP contribution in [-0.2, 0) is 18.3 Å². The van der Waals surface area contributed by atoms with Crippen LogP contribution in [0.5, 0.6) is 0 Å². The molecule has 2 rings (SSSR count). The van der Waals surface area contributed by atoms with E-state index in [9.17, 15) is 4.79 Å². The molecule has 0 amide bonds. The maximum atomic E-state index is 11.7. The Morgan fingerprint density at radius 3 is 2.65 bits per heavy atom. The Kier molecular flexibility index (Phi) is 4.08. The van der Waals surface area contributed by atoms with Crippen molar-refractivity contribution in [3.8, 4) is 0 Å². The summed E-state index contributed by atoms with van der Waals surface area (Å²) in [5.41, 5.74) is 4.51. The number of rotatable bonds is 4. The summed E-state index contributed by atoms with van der Waals surface area (Å²) in [4.78, 5) is 11.7. The monoisotopic (exact) mass is 273 g/mol. The third kappa shape index (κ3) is 2.66. The Hall–Kier alpha value is -2.30. The van der Waals surface area contributed by atoms with Crippen LogP contribution in [0.25, 0.3) is 0 Å². The summed E-state index contributed by atoms with van der Waals surface area (Å²) < 4.78 is 6.63. The summed E-state index contributed by atoms with van der Waals surface area (Å²) in [6, 6.07) is 7.43. The minimum absolute atomic E-state index is 0.318. The predicted molar refractivity (Wildman–Crippen MR) is 77.8 cm³/mol. The second-order valence-electron chi connectivity index (χ2n) is 4.67. The van der Waals surface area contributed by atoms with Gasteiger partial charge in [-0.05, 0) is 25.5 Å². The number of nitrogens with one attached hydrogen (secondary N) is 1. The molecular weight excluding hydrogens is 254 g/mol. The fraction of sp³-hybridized carbons (Fsp3) is 0.333. The summed E-state index contributed by atoms with van der Waals surface area (Å²) in [6.07, 6.45) is 0. The van der Waals surface area contributed by atoms with Crippen LogP contribution in [0.4, 0.5) is 5.69 Å². The minimum Gasteiger partial charge on any atom is -0.465 e. The molecule has 0 bridgehead atoms. The van der Waals surface area contributed by atoms with Gasteiger partial charge in [-0.25, -0.2) is 4.79 Å². The van der Waals surface area contributed by atoms with Crippen molar-refractivity contribution in [2.45, 2.75) is 20.4 Å². The van der Waals surface area contributed by atoms with Crippen LogP contribution in [0, 0.1) is 13.8 Å². The van der Waals surface area contributed by atoms with Gasteiger partial charge < -0.3 is 10.1 Å². The van der Waals surface area contributed by atoms with Crippen LogP contribution in [-0.4, -0.2) is 22.9 Å². The molecule has 0 saturated heterocycles. The van der Waals surface area contributed by atoms with E-state index in [-0.39, 0.29) is 5.97 Å². The van der Waals surface area contributed by atoms with E-state index in [1.807, 2.05) is 43.8 Å². The van der Waals surface area contributed by atoms with Gasteiger partial charge in [0.15, 0.2) is 0 Å². The van der Waals surface area contributed by atoms with Crippen molar-refractivity contribution >= 4 is 11.7 Å². The largest absolute Gasteiger partial charge is 0.465 e. The van der Waals surface area contributed by atoms with Crippen LogP contribution in [0.15, 0.2) is 24.3 Å². The Morgan fingerprint density at radius 1 is 1.35 bits per heavy atom. The van der Waals surface area contributed by atoms with Crippen molar-refractivity contribution in [3.63, 3.8) is 0 Å². The zero-order valence-corrected chi connectivity index (χ0v) is 12.2. The second-order valence-corrected chi connectivity index (χ2v) is 4.67. The number of benzene rings is 1. The number of aromatic nitrogens is 2. The molecule has 0 aliphatic rings. The fourth-order valence-electron chi connectivity index (χ4n) is 2.20. The Labute approximate surface area is 118 Å². The van der Waals surface area contributed by atoms with Crippen molar-refractivity contribution in [3.05, 3.63) is 46.8 Å². The molecule has 0 spiro atoms. The number of anilines is 1. The summed E-state index contributed by atoms with van der Waals surface area (Å²) >= 11 is 0. The van der Waals surface area contributed by atoms with E-state index < -0.39 is 0 Å². The summed E-state index contributed by atoms with van der Waals surface area (Å²) in [5, 5.41) is 7.71. The quantitative estimate of drug-likeness (QED) is 0.869. The maximum absolute atomic E-state index is 11.7. The molecule has 0 aliphatic heterocycles. The lowest BCUT2D eigenvalue weighted by Crippen LogP contribution is -2.09. The normalized spacial score (nSPS) is 10.4. The highest BCUT2D eigenvalue weighted by molar-refractivity contribution is 5.91. The molecule has 0 unspecified atom stereocenters. The topological polar surface area (TPSA) is 56.1 Å². The van der Waals surface area contributed by atoms with E-state index in [1.165, 1.54) is 7.11 Å². The first-order chi connectivity index (χ1) is 9.54. The average Bonchev–Trinajstić information content (AvgIpc) is 2.70. The van der Waals surface area contributed by atoms with Crippen LogP contribution < -0.4 is 5.32 Å². The Morgan fingerprint density at radius 2 is 2.05 bits per heavy atom. The van der Waals surface area contributed by atoms with Gasteiger partial charge in [0.2, 0.25) is 0 Å². The van der Waals surface area contributed by atoms with E-state index in [0.29, 0.717) is 12.1 Å².